The number of carbonyl (C=O) groups is 1. The molecule has 2 fully saturated rings. The number of halogens is 1. The van der Waals surface area contributed by atoms with Crippen LogP contribution in [0.3, 0.4) is 0 Å². The summed E-state index contributed by atoms with van der Waals surface area (Å²) in [6, 6.07) is 0. The summed E-state index contributed by atoms with van der Waals surface area (Å²) in [5, 5.41) is 0. The third kappa shape index (κ3) is 4.63. The molecule has 1 saturated carbocycles. The summed E-state index contributed by atoms with van der Waals surface area (Å²) in [6.45, 7) is 3.44. The Kier molecular flexibility index (Phi) is 6.75. The molecule has 5 nitrogen and oxygen atoms in total. The second kappa shape index (κ2) is 8.57. The van der Waals surface area contributed by atoms with Gasteiger partial charge in [0.25, 0.3) is 0 Å². The van der Waals surface area contributed by atoms with Gasteiger partial charge in [0.2, 0.25) is 11.9 Å². The van der Waals surface area contributed by atoms with E-state index in [1.807, 2.05) is 28.9 Å². The van der Waals surface area contributed by atoms with Crippen molar-refractivity contribution in [3.8, 4) is 0 Å². The summed E-state index contributed by atoms with van der Waals surface area (Å²) in [5.74, 6) is 2.16. The second-order valence-electron chi connectivity index (χ2n) is 6.75. The Bertz CT molecular complexity index is 491. The SMILES string of the molecule is Cl.Cn1ccnc1N1CCN(C(=O)CCC2CCCCC2)CC1. The highest BCUT2D eigenvalue weighted by Crippen LogP contribution is 2.27. The number of amides is 1. The van der Waals surface area contributed by atoms with E-state index in [9.17, 15) is 4.79 Å². The fourth-order valence-corrected chi connectivity index (χ4v) is 3.78. The summed E-state index contributed by atoms with van der Waals surface area (Å²) in [7, 11) is 2.02. The van der Waals surface area contributed by atoms with E-state index in [0.717, 1.165) is 50.9 Å². The fourth-order valence-electron chi connectivity index (χ4n) is 3.78. The van der Waals surface area contributed by atoms with Crippen molar-refractivity contribution in [2.75, 3.05) is 31.1 Å². The zero-order valence-corrected chi connectivity index (χ0v) is 14.9. The molecular formula is C17H29ClN4O. The van der Waals surface area contributed by atoms with Gasteiger partial charge in [-0.1, -0.05) is 32.1 Å². The second-order valence-corrected chi connectivity index (χ2v) is 6.75. The van der Waals surface area contributed by atoms with Gasteiger partial charge in [0.1, 0.15) is 0 Å². The third-order valence-electron chi connectivity index (χ3n) is 5.20. The number of piperazine rings is 1. The van der Waals surface area contributed by atoms with E-state index in [1.165, 1.54) is 32.1 Å². The van der Waals surface area contributed by atoms with E-state index >= 15 is 0 Å². The minimum Gasteiger partial charge on any atom is -0.339 e. The van der Waals surface area contributed by atoms with Crippen molar-refractivity contribution < 1.29 is 4.79 Å². The van der Waals surface area contributed by atoms with Gasteiger partial charge in [0, 0.05) is 52.0 Å². The first-order valence-electron chi connectivity index (χ1n) is 8.74. The maximum Gasteiger partial charge on any atom is 0.222 e. The van der Waals surface area contributed by atoms with Gasteiger partial charge in [-0.05, 0) is 12.3 Å². The first-order chi connectivity index (χ1) is 10.7. The van der Waals surface area contributed by atoms with Crippen molar-refractivity contribution in [3.05, 3.63) is 12.4 Å². The maximum absolute atomic E-state index is 12.4. The molecule has 130 valence electrons. The van der Waals surface area contributed by atoms with Crippen LogP contribution in [0, 0.1) is 5.92 Å². The predicted molar refractivity (Wildman–Crippen MR) is 95.1 cm³/mol. The Morgan fingerprint density at radius 2 is 1.87 bits per heavy atom. The van der Waals surface area contributed by atoms with Crippen LogP contribution < -0.4 is 4.90 Å². The van der Waals surface area contributed by atoms with Crippen molar-refractivity contribution in [2.24, 2.45) is 13.0 Å². The van der Waals surface area contributed by atoms with Crippen LogP contribution in [0.2, 0.25) is 0 Å². The van der Waals surface area contributed by atoms with Gasteiger partial charge < -0.3 is 14.4 Å². The molecule has 1 amide bonds. The lowest BCUT2D eigenvalue weighted by atomic mass is 9.86. The first kappa shape index (κ1) is 18.1. The van der Waals surface area contributed by atoms with Crippen LogP contribution in [0.25, 0.3) is 0 Å². The van der Waals surface area contributed by atoms with Gasteiger partial charge in [-0.2, -0.15) is 0 Å². The van der Waals surface area contributed by atoms with Gasteiger partial charge in [0.05, 0.1) is 0 Å². The molecule has 0 unspecified atom stereocenters. The average molecular weight is 341 g/mol. The van der Waals surface area contributed by atoms with Gasteiger partial charge in [0.15, 0.2) is 0 Å². The molecule has 1 aliphatic carbocycles. The number of imidazole rings is 1. The molecule has 0 aromatic carbocycles. The molecule has 1 aromatic heterocycles. The number of hydrogen-bond acceptors (Lipinski definition) is 3. The number of aryl methyl sites for hydroxylation is 1. The molecule has 0 atom stereocenters. The summed E-state index contributed by atoms with van der Waals surface area (Å²) in [6.07, 6.45) is 12.4. The Hall–Kier alpha value is -1.23. The summed E-state index contributed by atoms with van der Waals surface area (Å²) >= 11 is 0. The number of nitrogens with zero attached hydrogens (tertiary/aromatic N) is 4. The molecule has 6 heteroatoms. The van der Waals surface area contributed by atoms with E-state index in [-0.39, 0.29) is 12.4 Å². The van der Waals surface area contributed by atoms with Crippen LogP contribution in [0.15, 0.2) is 12.4 Å². The van der Waals surface area contributed by atoms with Crippen LogP contribution >= 0.6 is 12.4 Å². The molecular weight excluding hydrogens is 312 g/mol. The van der Waals surface area contributed by atoms with Gasteiger partial charge in [-0.15, -0.1) is 12.4 Å². The molecule has 0 N–H and O–H groups in total. The van der Waals surface area contributed by atoms with Gasteiger partial charge in [-0.25, -0.2) is 4.98 Å². The largest absolute Gasteiger partial charge is 0.339 e. The minimum absolute atomic E-state index is 0. The Labute approximate surface area is 145 Å². The van der Waals surface area contributed by atoms with Crippen LogP contribution in [0.4, 0.5) is 5.95 Å². The fraction of sp³-hybridized carbons (Fsp3) is 0.765. The van der Waals surface area contributed by atoms with Crippen LogP contribution in [-0.4, -0.2) is 46.5 Å². The zero-order valence-electron chi connectivity index (χ0n) is 14.1. The highest BCUT2D eigenvalue weighted by Gasteiger charge is 2.23. The topological polar surface area (TPSA) is 41.4 Å². The lowest BCUT2D eigenvalue weighted by Gasteiger charge is -2.35. The number of hydrogen-bond donors (Lipinski definition) is 0. The summed E-state index contributed by atoms with van der Waals surface area (Å²) in [5.41, 5.74) is 0. The van der Waals surface area contributed by atoms with E-state index in [1.54, 1.807) is 0 Å². The van der Waals surface area contributed by atoms with Gasteiger partial charge in [-0.3, -0.25) is 4.79 Å². The van der Waals surface area contributed by atoms with E-state index in [2.05, 4.69) is 9.88 Å². The van der Waals surface area contributed by atoms with E-state index < -0.39 is 0 Å². The first-order valence-corrected chi connectivity index (χ1v) is 8.74. The van der Waals surface area contributed by atoms with Crippen molar-refractivity contribution in [2.45, 2.75) is 44.9 Å². The zero-order chi connectivity index (χ0) is 15.4. The standard InChI is InChI=1S/C17H28N4O.ClH/c1-19-10-9-18-17(19)21-13-11-20(12-14-21)16(22)8-7-15-5-3-2-4-6-15;/h9-10,15H,2-8,11-14H2,1H3;1H. The molecule has 1 saturated heterocycles. The Balaban J connectivity index is 0.00000192. The normalized spacial score (nSPS) is 19.5. The molecule has 23 heavy (non-hydrogen) atoms. The van der Waals surface area contributed by atoms with E-state index in [4.69, 9.17) is 0 Å². The Morgan fingerprint density at radius 1 is 1.17 bits per heavy atom. The lowest BCUT2D eigenvalue weighted by Crippen LogP contribution is -2.49. The van der Waals surface area contributed by atoms with Crippen molar-refractivity contribution in [3.63, 3.8) is 0 Å². The molecule has 0 spiro atoms. The highest BCUT2D eigenvalue weighted by molar-refractivity contribution is 5.85. The lowest BCUT2D eigenvalue weighted by molar-refractivity contribution is -0.131. The van der Waals surface area contributed by atoms with Crippen molar-refractivity contribution >= 4 is 24.3 Å². The number of aromatic nitrogens is 2. The summed E-state index contributed by atoms with van der Waals surface area (Å²) < 4.78 is 2.04. The van der Waals surface area contributed by atoms with Gasteiger partial charge >= 0.3 is 0 Å². The van der Waals surface area contributed by atoms with Crippen molar-refractivity contribution in [1.29, 1.82) is 0 Å². The molecule has 2 heterocycles. The number of rotatable bonds is 4. The highest BCUT2D eigenvalue weighted by atomic mass is 35.5. The quantitative estimate of drug-likeness (QED) is 0.846. The monoisotopic (exact) mass is 340 g/mol. The molecule has 2 aliphatic rings. The molecule has 1 aliphatic heterocycles. The van der Waals surface area contributed by atoms with Crippen LogP contribution in [0.5, 0.6) is 0 Å². The number of carbonyl (C=O) groups excluding carboxylic acids is 1. The molecule has 0 bridgehead atoms. The Morgan fingerprint density at radius 3 is 2.48 bits per heavy atom. The molecule has 0 radical (unpaired) electrons. The van der Waals surface area contributed by atoms with E-state index in [0.29, 0.717) is 5.91 Å². The number of anilines is 1. The predicted octanol–water partition coefficient (Wildman–Crippen LogP) is 2.85. The minimum atomic E-state index is 0. The molecule has 3 rings (SSSR count). The third-order valence-corrected chi connectivity index (χ3v) is 5.20. The van der Waals surface area contributed by atoms with Crippen molar-refractivity contribution in [1.82, 2.24) is 14.5 Å². The smallest absolute Gasteiger partial charge is 0.222 e. The summed E-state index contributed by atoms with van der Waals surface area (Å²) in [4.78, 5) is 21.1. The molecule has 1 aromatic rings. The van der Waals surface area contributed by atoms with Crippen LogP contribution in [-0.2, 0) is 11.8 Å². The van der Waals surface area contributed by atoms with Crippen LogP contribution in [0.1, 0.15) is 44.9 Å². The maximum atomic E-state index is 12.4. The average Bonchev–Trinajstić information content (AvgIpc) is 3.00.